The van der Waals surface area contributed by atoms with Gasteiger partial charge in [0.15, 0.2) is 16.6 Å². The first-order valence-corrected chi connectivity index (χ1v) is 8.92. The van der Waals surface area contributed by atoms with Crippen LogP contribution >= 0.6 is 11.3 Å². The lowest BCUT2D eigenvalue weighted by Gasteiger charge is -2.16. The summed E-state index contributed by atoms with van der Waals surface area (Å²) in [7, 11) is 0. The van der Waals surface area contributed by atoms with Gasteiger partial charge in [-0.1, -0.05) is 6.07 Å². The molecule has 0 amide bonds. The number of thiazole rings is 1. The van der Waals surface area contributed by atoms with Gasteiger partial charge in [-0.2, -0.15) is 10.5 Å². The number of quaternary nitrogens is 2. The Labute approximate surface area is 158 Å². The van der Waals surface area contributed by atoms with Gasteiger partial charge in [0, 0.05) is 34.8 Å². The highest BCUT2D eigenvalue weighted by atomic mass is 32.1. The molecule has 1 aromatic heterocycles. The fourth-order valence-electron chi connectivity index (χ4n) is 2.46. The van der Waals surface area contributed by atoms with Gasteiger partial charge >= 0.3 is 0 Å². The van der Waals surface area contributed by atoms with Gasteiger partial charge in [0.25, 0.3) is 0 Å². The molecule has 0 spiro atoms. The minimum absolute atomic E-state index is 0.0750. The van der Waals surface area contributed by atoms with Crippen molar-refractivity contribution < 1.29 is 25.6 Å². The summed E-state index contributed by atoms with van der Waals surface area (Å²) in [6.07, 6.45) is 0. The van der Waals surface area contributed by atoms with Gasteiger partial charge in [-0.05, 0) is 25.1 Å². The molecule has 0 saturated carbocycles. The third kappa shape index (κ3) is 4.59. The summed E-state index contributed by atoms with van der Waals surface area (Å²) in [4.78, 5) is 4.45. The maximum Gasteiger partial charge on any atom is 0.206 e. The first-order valence-electron chi connectivity index (χ1n) is 8.04. The van der Waals surface area contributed by atoms with Gasteiger partial charge in [0.05, 0.1) is 12.3 Å². The van der Waals surface area contributed by atoms with Crippen LogP contribution in [0, 0.1) is 10.4 Å². The maximum absolute atomic E-state index is 11.5. The molecule has 2 unspecified atom stereocenters. The Balaban J connectivity index is 1.83. The van der Waals surface area contributed by atoms with Crippen molar-refractivity contribution in [1.29, 1.82) is 0 Å². The van der Waals surface area contributed by atoms with Crippen molar-refractivity contribution in [2.75, 3.05) is 11.9 Å². The third-order valence-corrected chi connectivity index (χ3v) is 4.43. The van der Waals surface area contributed by atoms with Crippen LogP contribution in [0.4, 0.5) is 22.2 Å². The van der Waals surface area contributed by atoms with Gasteiger partial charge in [0.1, 0.15) is 0 Å². The van der Waals surface area contributed by atoms with E-state index < -0.39 is 10.5 Å². The van der Waals surface area contributed by atoms with E-state index in [0.717, 1.165) is 0 Å². The number of benzene rings is 2. The minimum atomic E-state index is -1.07. The van der Waals surface area contributed by atoms with Crippen LogP contribution < -0.4 is 20.5 Å². The number of hydrogen-bond donors (Lipinski definition) is 5. The average molecular weight is 390 g/mol. The Hall–Kier alpha value is -2.57. The number of nitrogens with one attached hydrogen (secondary N) is 3. The van der Waals surface area contributed by atoms with Crippen LogP contribution in [-0.4, -0.2) is 22.0 Å². The molecule has 0 aliphatic heterocycles. The second kappa shape index (κ2) is 8.41. The second-order valence-electron chi connectivity index (χ2n) is 5.50. The minimum Gasteiger partial charge on any atom is -0.595 e. The van der Waals surface area contributed by atoms with Crippen LogP contribution in [0.2, 0.25) is 0 Å². The molecule has 0 radical (unpaired) electrons. The summed E-state index contributed by atoms with van der Waals surface area (Å²) < 4.78 is 5.34. The molecule has 142 valence electrons. The first-order chi connectivity index (χ1) is 13.0. The smallest absolute Gasteiger partial charge is 0.206 e. The molecule has 0 bridgehead atoms. The summed E-state index contributed by atoms with van der Waals surface area (Å²) in [6.45, 7) is 2.16. The molecule has 0 fully saturated rings. The van der Waals surface area contributed by atoms with Crippen molar-refractivity contribution >= 4 is 33.5 Å². The van der Waals surface area contributed by atoms with E-state index in [-0.39, 0.29) is 11.4 Å². The van der Waals surface area contributed by atoms with E-state index in [4.69, 9.17) is 9.94 Å². The summed E-state index contributed by atoms with van der Waals surface area (Å²) in [5.74, 6) is 0.313. The molecule has 9 nitrogen and oxygen atoms in total. The van der Waals surface area contributed by atoms with Gasteiger partial charge in [-0.15, -0.1) is 11.3 Å². The molecule has 0 aliphatic carbocycles. The normalized spacial score (nSPS) is 13.2. The van der Waals surface area contributed by atoms with E-state index in [1.54, 1.807) is 36.6 Å². The zero-order valence-electron chi connectivity index (χ0n) is 14.3. The van der Waals surface area contributed by atoms with E-state index in [1.807, 2.05) is 0 Å². The van der Waals surface area contributed by atoms with Crippen molar-refractivity contribution in [2.24, 2.45) is 0 Å². The third-order valence-electron chi connectivity index (χ3n) is 3.67. The molecule has 0 aliphatic rings. The Morgan fingerprint density at radius 2 is 1.96 bits per heavy atom. The standard InChI is InChI=1S/C17H18N4O5S/c1-2-26-16-7-6-11(8-15(16)21(24)25)14-10-27-17(19-14)18-12-4-3-5-13(9-12)20(22)23/h3-10,20-22,24H,2H2,1H3,(H,18,19). The van der Waals surface area contributed by atoms with Crippen molar-refractivity contribution in [2.45, 2.75) is 6.92 Å². The summed E-state index contributed by atoms with van der Waals surface area (Å²) in [5, 5.41) is 44.3. The lowest BCUT2D eigenvalue weighted by atomic mass is 10.1. The molecule has 2 atom stereocenters. The lowest BCUT2D eigenvalue weighted by Crippen LogP contribution is -2.99. The highest BCUT2D eigenvalue weighted by Crippen LogP contribution is 2.31. The van der Waals surface area contributed by atoms with E-state index in [0.29, 0.717) is 34.4 Å². The predicted molar refractivity (Wildman–Crippen MR) is 100.0 cm³/mol. The SMILES string of the molecule is CCOc1ccc(-c2csc(Nc3cccc([NH+]([O-])O)c3)n2)cc1[NH+]([O-])O. The van der Waals surface area contributed by atoms with Crippen molar-refractivity contribution in [3.8, 4) is 17.0 Å². The molecule has 10 heteroatoms. The quantitative estimate of drug-likeness (QED) is 0.389. The van der Waals surface area contributed by atoms with E-state index in [2.05, 4.69) is 10.3 Å². The molecule has 2 aromatic carbocycles. The van der Waals surface area contributed by atoms with E-state index in [1.165, 1.54) is 29.5 Å². The van der Waals surface area contributed by atoms with Crippen molar-refractivity contribution in [1.82, 2.24) is 4.98 Å². The molecular formula is C17H18N4O5S. The van der Waals surface area contributed by atoms with Crippen LogP contribution in [0.5, 0.6) is 5.75 Å². The number of rotatable bonds is 7. The molecule has 1 heterocycles. The first kappa shape index (κ1) is 19.2. The van der Waals surface area contributed by atoms with E-state index >= 15 is 0 Å². The number of aromatic nitrogens is 1. The number of nitrogens with zero attached hydrogens (tertiary/aromatic N) is 1. The van der Waals surface area contributed by atoms with Crippen LogP contribution in [0.1, 0.15) is 6.92 Å². The fraction of sp³-hybridized carbons (Fsp3) is 0.118. The molecule has 27 heavy (non-hydrogen) atoms. The van der Waals surface area contributed by atoms with Gasteiger partial charge in [-0.3, -0.25) is 0 Å². The van der Waals surface area contributed by atoms with E-state index in [9.17, 15) is 15.6 Å². The number of hydrogen-bond acceptors (Lipinski definition) is 8. The summed E-state index contributed by atoms with van der Waals surface area (Å²) in [5.41, 5.74) is 2.12. The molecule has 3 aromatic rings. The predicted octanol–water partition coefficient (Wildman–Crippen LogP) is 1.76. The Morgan fingerprint density at radius 1 is 1.15 bits per heavy atom. The zero-order chi connectivity index (χ0) is 19.4. The Bertz CT molecular complexity index is 916. The largest absolute Gasteiger partial charge is 0.595 e. The maximum atomic E-state index is 11.5. The van der Waals surface area contributed by atoms with Gasteiger partial charge in [0.2, 0.25) is 5.69 Å². The number of ether oxygens (including phenoxy) is 1. The molecule has 0 saturated heterocycles. The molecular weight excluding hydrogens is 372 g/mol. The van der Waals surface area contributed by atoms with Crippen LogP contribution in [-0.2, 0) is 0 Å². The average Bonchev–Trinajstić information content (AvgIpc) is 3.10. The highest BCUT2D eigenvalue weighted by molar-refractivity contribution is 7.14. The van der Waals surface area contributed by atoms with Crippen LogP contribution in [0.15, 0.2) is 47.8 Å². The highest BCUT2D eigenvalue weighted by Gasteiger charge is 2.14. The Morgan fingerprint density at radius 3 is 2.67 bits per heavy atom. The summed E-state index contributed by atoms with van der Waals surface area (Å²) in [6, 6.07) is 11.3. The topological polar surface area (TPSA) is 130 Å². The Kier molecular flexibility index (Phi) is 5.98. The second-order valence-corrected chi connectivity index (χ2v) is 6.36. The van der Waals surface area contributed by atoms with Gasteiger partial charge in [-0.25, -0.2) is 15.4 Å². The lowest BCUT2D eigenvalue weighted by molar-refractivity contribution is -0.991. The van der Waals surface area contributed by atoms with Crippen LogP contribution in [0.25, 0.3) is 11.3 Å². The fourth-order valence-corrected chi connectivity index (χ4v) is 3.19. The zero-order valence-corrected chi connectivity index (χ0v) is 15.1. The van der Waals surface area contributed by atoms with Crippen molar-refractivity contribution in [3.63, 3.8) is 0 Å². The van der Waals surface area contributed by atoms with Crippen LogP contribution in [0.3, 0.4) is 0 Å². The monoisotopic (exact) mass is 390 g/mol. The van der Waals surface area contributed by atoms with Crippen molar-refractivity contribution in [3.05, 3.63) is 58.3 Å². The molecule has 5 N–H and O–H groups in total. The van der Waals surface area contributed by atoms with Gasteiger partial charge < -0.3 is 20.5 Å². The number of anilines is 2. The summed E-state index contributed by atoms with van der Waals surface area (Å²) >= 11 is 1.33. The molecule has 3 rings (SSSR count).